The molecule has 2 heterocycles. The van der Waals surface area contributed by atoms with Gasteiger partial charge >= 0.3 is 0 Å². The van der Waals surface area contributed by atoms with Crippen LogP contribution in [-0.2, 0) is 29.8 Å². The first-order valence-corrected chi connectivity index (χ1v) is 14.7. The van der Waals surface area contributed by atoms with Crippen molar-refractivity contribution in [2.45, 2.75) is 9.79 Å². The SMILES string of the molecule is NCOc1[nH]n(-c2ccc(S(=O)(=O)O)cc2)c(=O)c1C=CC=CC=C1C(=O)N(c2ccc(S(=O)(=O)O)cc2)N=C1C(N)=O. The summed E-state index contributed by atoms with van der Waals surface area (Å²) in [5, 5.41) is 7.47. The van der Waals surface area contributed by atoms with Crippen LogP contribution in [-0.4, -0.2) is 60.0 Å². The van der Waals surface area contributed by atoms with E-state index in [2.05, 4.69) is 10.2 Å². The van der Waals surface area contributed by atoms with Crippen molar-refractivity contribution in [3.63, 3.8) is 0 Å². The number of carbonyl (C=O) groups excluding carboxylic acids is 2. The molecule has 16 nitrogen and oxygen atoms in total. The highest BCUT2D eigenvalue weighted by Gasteiger charge is 2.33. The Morgan fingerprint density at radius 1 is 0.907 bits per heavy atom. The molecule has 224 valence electrons. The van der Waals surface area contributed by atoms with Gasteiger partial charge in [0.25, 0.3) is 37.6 Å². The quantitative estimate of drug-likeness (QED) is 0.0883. The van der Waals surface area contributed by atoms with Gasteiger partial charge in [-0.25, -0.2) is 4.68 Å². The second-order valence-corrected chi connectivity index (χ2v) is 11.3. The Labute approximate surface area is 243 Å². The van der Waals surface area contributed by atoms with E-state index < -0.39 is 42.5 Å². The number of hydrogen-bond donors (Lipinski definition) is 5. The topological polar surface area (TPSA) is 258 Å². The first-order chi connectivity index (χ1) is 20.2. The molecule has 7 N–H and O–H groups in total. The Balaban J connectivity index is 1.58. The van der Waals surface area contributed by atoms with Gasteiger partial charge in [-0.1, -0.05) is 18.2 Å². The molecule has 2 amide bonds. The average Bonchev–Trinajstić information content (AvgIpc) is 3.44. The highest BCUT2D eigenvalue weighted by molar-refractivity contribution is 7.86. The molecule has 2 aromatic carbocycles. The largest absolute Gasteiger partial charge is 0.462 e. The summed E-state index contributed by atoms with van der Waals surface area (Å²) in [6, 6.07) is 9.31. The van der Waals surface area contributed by atoms with Crippen molar-refractivity contribution in [1.82, 2.24) is 9.78 Å². The Morgan fingerprint density at radius 3 is 1.98 bits per heavy atom. The highest BCUT2D eigenvalue weighted by Crippen LogP contribution is 2.25. The lowest BCUT2D eigenvalue weighted by Gasteiger charge is -2.11. The first-order valence-electron chi connectivity index (χ1n) is 11.8. The molecule has 0 unspecified atom stereocenters. The summed E-state index contributed by atoms with van der Waals surface area (Å²) < 4.78 is 69.7. The molecule has 4 rings (SSSR count). The molecule has 1 aromatic heterocycles. The zero-order valence-electron chi connectivity index (χ0n) is 21.7. The van der Waals surface area contributed by atoms with Crippen LogP contribution in [0.15, 0.2) is 98.1 Å². The van der Waals surface area contributed by atoms with Crippen molar-refractivity contribution < 1.29 is 40.3 Å². The van der Waals surface area contributed by atoms with E-state index in [0.29, 0.717) is 0 Å². The molecule has 0 saturated carbocycles. The predicted octanol–water partition coefficient (Wildman–Crippen LogP) is 0.338. The number of nitrogens with zero attached hydrogens (tertiary/aromatic N) is 3. The van der Waals surface area contributed by atoms with Gasteiger partial charge in [0.1, 0.15) is 12.3 Å². The number of rotatable bonds is 10. The summed E-state index contributed by atoms with van der Waals surface area (Å²) in [7, 11) is -8.89. The number of primary amides is 1. The Kier molecular flexibility index (Phi) is 8.60. The standard InChI is InChI=1S/C25H22N6O10S2/c26-14-41-23-20(25(34)31(29-23)16-8-12-18(13-9-16)43(38,39)40)5-3-1-2-4-19-21(22(27)32)28-30(24(19)33)15-6-10-17(11-7-15)42(35,36)37/h1-13,29H,14,26H2,(H2,27,32)(H,35,36,37)(H,38,39,40). The maximum atomic E-state index is 13.0. The van der Waals surface area contributed by atoms with Crippen molar-refractivity contribution in [2.75, 3.05) is 11.7 Å². The maximum absolute atomic E-state index is 13.0. The summed E-state index contributed by atoms with van der Waals surface area (Å²) in [4.78, 5) is 37.1. The molecule has 0 bridgehead atoms. The minimum Gasteiger partial charge on any atom is -0.462 e. The molecule has 0 saturated heterocycles. The second kappa shape index (κ2) is 12.0. The Bertz CT molecular complexity index is 1990. The summed E-state index contributed by atoms with van der Waals surface area (Å²) in [5.74, 6) is -1.74. The van der Waals surface area contributed by atoms with Crippen molar-refractivity contribution in [3.8, 4) is 11.6 Å². The Morgan fingerprint density at radius 2 is 1.47 bits per heavy atom. The number of aromatic amines is 1. The third kappa shape index (κ3) is 6.68. The molecule has 1 aliphatic rings. The molecular formula is C25H22N6O10S2. The van der Waals surface area contributed by atoms with Crippen LogP contribution in [0.3, 0.4) is 0 Å². The van der Waals surface area contributed by atoms with Gasteiger partial charge in [0.05, 0.1) is 26.7 Å². The van der Waals surface area contributed by atoms with Crippen molar-refractivity contribution in [1.29, 1.82) is 0 Å². The van der Waals surface area contributed by atoms with Crippen LogP contribution >= 0.6 is 0 Å². The van der Waals surface area contributed by atoms with Crippen LogP contribution in [0, 0.1) is 0 Å². The average molecular weight is 631 g/mol. The van der Waals surface area contributed by atoms with Crippen molar-refractivity contribution in [3.05, 3.63) is 94.3 Å². The number of nitrogens with two attached hydrogens (primary N) is 2. The molecular weight excluding hydrogens is 608 g/mol. The fourth-order valence-corrected chi connectivity index (χ4v) is 4.73. The number of hydrogen-bond acceptors (Lipinski definition) is 10. The third-order valence-electron chi connectivity index (χ3n) is 5.75. The summed E-state index contributed by atoms with van der Waals surface area (Å²) in [5.41, 5.74) is 10.1. The van der Waals surface area contributed by atoms with E-state index in [1.807, 2.05) is 0 Å². The molecule has 0 aliphatic carbocycles. The van der Waals surface area contributed by atoms with E-state index in [0.717, 1.165) is 34.0 Å². The number of amides is 2. The predicted molar refractivity (Wildman–Crippen MR) is 153 cm³/mol. The maximum Gasteiger partial charge on any atom is 0.294 e. The number of carbonyl (C=O) groups is 2. The fraction of sp³-hybridized carbons (Fsp3) is 0.0400. The lowest BCUT2D eigenvalue weighted by Crippen LogP contribution is -2.25. The molecule has 18 heteroatoms. The van der Waals surface area contributed by atoms with Crippen LogP contribution in [0.4, 0.5) is 5.69 Å². The molecule has 0 radical (unpaired) electrons. The third-order valence-corrected chi connectivity index (χ3v) is 7.49. The minimum absolute atomic E-state index is 0.000798. The molecule has 3 aromatic rings. The van der Waals surface area contributed by atoms with Crippen molar-refractivity contribution in [2.24, 2.45) is 16.6 Å². The highest BCUT2D eigenvalue weighted by atomic mass is 32.2. The summed E-state index contributed by atoms with van der Waals surface area (Å²) in [6.45, 7) is -0.281. The number of nitrogens with one attached hydrogen (secondary N) is 1. The van der Waals surface area contributed by atoms with E-state index in [9.17, 15) is 31.2 Å². The lowest BCUT2D eigenvalue weighted by atomic mass is 10.1. The van der Waals surface area contributed by atoms with E-state index in [4.69, 9.17) is 25.3 Å². The molecule has 0 fully saturated rings. The fourth-order valence-electron chi connectivity index (χ4n) is 3.77. The van der Waals surface area contributed by atoms with E-state index in [1.54, 1.807) is 0 Å². The smallest absolute Gasteiger partial charge is 0.294 e. The zero-order chi connectivity index (χ0) is 31.5. The van der Waals surface area contributed by atoms with Crippen LogP contribution in [0.25, 0.3) is 11.8 Å². The first kappa shape index (κ1) is 30.8. The van der Waals surface area contributed by atoms with Crippen LogP contribution < -0.4 is 26.8 Å². The second-order valence-electron chi connectivity index (χ2n) is 8.50. The van der Waals surface area contributed by atoms with Gasteiger partial charge in [-0.3, -0.25) is 34.3 Å². The number of ether oxygens (including phenoxy) is 1. The van der Waals surface area contributed by atoms with Gasteiger partial charge in [-0.15, -0.1) is 0 Å². The van der Waals surface area contributed by atoms with Gasteiger partial charge < -0.3 is 10.5 Å². The number of aromatic nitrogens is 2. The molecule has 43 heavy (non-hydrogen) atoms. The zero-order valence-corrected chi connectivity index (χ0v) is 23.3. The van der Waals surface area contributed by atoms with E-state index in [-0.39, 0.29) is 45.7 Å². The van der Waals surface area contributed by atoms with Gasteiger partial charge in [0.15, 0.2) is 5.71 Å². The number of hydrazone groups is 1. The summed E-state index contributed by atoms with van der Waals surface area (Å²) in [6.07, 6.45) is 6.84. The van der Waals surface area contributed by atoms with E-state index in [1.165, 1.54) is 54.6 Å². The lowest BCUT2D eigenvalue weighted by molar-refractivity contribution is -0.115. The van der Waals surface area contributed by atoms with Gasteiger partial charge in [-0.05, 0) is 60.7 Å². The van der Waals surface area contributed by atoms with Crippen LogP contribution in [0.2, 0.25) is 0 Å². The number of H-pyrrole nitrogens is 1. The number of anilines is 1. The Hall–Kier alpha value is -5.14. The molecule has 0 atom stereocenters. The molecule has 0 spiro atoms. The normalized spacial score (nSPS) is 15.1. The monoisotopic (exact) mass is 630 g/mol. The molecule has 1 aliphatic heterocycles. The minimum atomic E-state index is -4.46. The van der Waals surface area contributed by atoms with Gasteiger partial charge in [0, 0.05) is 0 Å². The van der Waals surface area contributed by atoms with Gasteiger partial charge in [-0.2, -0.15) is 26.9 Å². The van der Waals surface area contributed by atoms with Gasteiger partial charge in [0.2, 0.25) is 5.88 Å². The van der Waals surface area contributed by atoms with Crippen LogP contribution in [0.1, 0.15) is 5.56 Å². The number of allylic oxidation sites excluding steroid dienone is 4. The number of benzene rings is 2. The van der Waals surface area contributed by atoms with Crippen molar-refractivity contribution >= 4 is 49.5 Å². The summed E-state index contributed by atoms with van der Waals surface area (Å²) >= 11 is 0. The van der Waals surface area contributed by atoms with E-state index >= 15 is 0 Å². The van der Waals surface area contributed by atoms with Crippen LogP contribution in [0.5, 0.6) is 5.88 Å².